The van der Waals surface area contributed by atoms with Gasteiger partial charge in [-0.15, -0.1) is 0 Å². The normalized spacial score (nSPS) is 18.6. The van der Waals surface area contributed by atoms with Crippen molar-refractivity contribution in [2.24, 2.45) is 5.92 Å². The lowest BCUT2D eigenvalue weighted by atomic mass is 9.90. The maximum absolute atomic E-state index is 13.7. The van der Waals surface area contributed by atoms with Crippen molar-refractivity contribution < 1.29 is 22.7 Å². The molecule has 1 amide bonds. The van der Waals surface area contributed by atoms with E-state index in [0.29, 0.717) is 35.9 Å². The summed E-state index contributed by atoms with van der Waals surface area (Å²) in [5.74, 6) is 0.907. The molecule has 3 heterocycles. The number of halogens is 3. The number of ether oxygens (including phenoxy) is 1. The van der Waals surface area contributed by atoms with Gasteiger partial charge in [0.2, 0.25) is 0 Å². The highest BCUT2D eigenvalue weighted by atomic mass is 19.4. The number of hydrogen-bond acceptors (Lipinski definition) is 6. The number of benzene rings is 1. The molecular weight excluding hydrogens is 449 g/mol. The quantitative estimate of drug-likeness (QED) is 0.581. The number of carbonyl (C=O) groups excluding carboxylic acids is 1. The van der Waals surface area contributed by atoms with Crippen LogP contribution in [0.2, 0.25) is 0 Å². The Morgan fingerprint density at radius 3 is 2.62 bits per heavy atom. The number of aromatic nitrogens is 4. The average Bonchev–Trinajstić information content (AvgIpc) is 3.37. The summed E-state index contributed by atoms with van der Waals surface area (Å²) in [6.45, 7) is 2.99. The molecule has 1 aliphatic heterocycles. The molecule has 4 rings (SSSR count). The van der Waals surface area contributed by atoms with Gasteiger partial charge in [-0.3, -0.25) is 4.79 Å². The van der Waals surface area contributed by atoms with Crippen LogP contribution in [-0.4, -0.2) is 57.0 Å². The molecule has 2 aromatic heterocycles. The summed E-state index contributed by atoms with van der Waals surface area (Å²) in [4.78, 5) is 20.7. The van der Waals surface area contributed by atoms with Gasteiger partial charge in [0.25, 0.3) is 5.91 Å². The largest absolute Gasteiger partial charge is 0.497 e. The van der Waals surface area contributed by atoms with Crippen LogP contribution >= 0.6 is 0 Å². The van der Waals surface area contributed by atoms with Crippen molar-refractivity contribution in [3.63, 3.8) is 0 Å². The van der Waals surface area contributed by atoms with E-state index in [1.807, 2.05) is 0 Å². The van der Waals surface area contributed by atoms with Gasteiger partial charge in [0.15, 0.2) is 0 Å². The number of nitrogens with one attached hydrogen (secondary N) is 1. The van der Waals surface area contributed by atoms with Crippen molar-refractivity contribution in [3.05, 3.63) is 60.0 Å². The Kier molecular flexibility index (Phi) is 6.71. The maximum Gasteiger partial charge on any atom is 0.417 e. The Hall–Kier alpha value is -3.63. The van der Waals surface area contributed by atoms with E-state index in [4.69, 9.17) is 4.74 Å². The van der Waals surface area contributed by atoms with Crippen molar-refractivity contribution in [3.8, 4) is 11.4 Å². The van der Waals surface area contributed by atoms with Gasteiger partial charge in [0.1, 0.15) is 17.3 Å². The Morgan fingerprint density at radius 1 is 1.21 bits per heavy atom. The highest BCUT2D eigenvalue weighted by molar-refractivity contribution is 5.98. The summed E-state index contributed by atoms with van der Waals surface area (Å²) < 4.78 is 43.7. The van der Waals surface area contributed by atoms with Gasteiger partial charge in [-0.1, -0.05) is 6.92 Å². The minimum atomic E-state index is -4.44. The van der Waals surface area contributed by atoms with E-state index < -0.39 is 11.7 Å². The van der Waals surface area contributed by atoms with E-state index in [1.54, 1.807) is 30.2 Å². The third kappa shape index (κ3) is 4.97. The smallest absolute Gasteiger partial charge is 0.417 e. The number of anilines is 1. The first-order valence-electron chi connectivity index (χ1n) is 10.9. The number of rotatable bonds is 6. The van der Waals surface area contributed by atoms with Gasteiger partial charge < -0.3 is 15.0 Å². The van der Waals surface area contributed by atoms with E-state index in [0.717, 1.165) is 25.1 Å². The first kappa shape index (κ1) is 23.5. The second kappa shape index (κ2) is 9.70. The third-order valence-corrected chi connectivity index (χ3v) is 6.03. The van der Waals surface area contributed by atoms with Crippen molar-refractivity contribution in [1.29, 1.82) is 0 Å². The third-order valence-electron chi connectivity index (χ3n) is 6.03. The van der Waals surface area contributed by atoms with E-state index in [9.17, 15) is 18.0 Å². The van der Waals surface area contributed by atoms with E-state index in [2.05, 4.69) is 27.4 Å². The fourth-order valence-electron chi connectivity index (χ4n) is 4.17. The summed E-state index contributed by atoms with van der Waals surface area (Å²) in [6, 6.07) is 7.23. The zero-order valence-electron chi connectivity index (χ0n) is 18.8. The van der Waals surface area contributed by atoms with Crippen LogP contribution in [0.5, 0.6) is 5.75 Å². The van der Waals surface area contributed by atoms with Crippen LogP contribution in [0, 0.1) is 5.92 Å². The summed E-state index contributed by atoms with van der Waals surface area (Å²) in [5.41, 5.74) is 0.132. The molecule has 0 radical (unpaired) electrons. The van der Waals surface area contributed by atoms with E-state index in [-0.39, 0.29) is 17.9 Å². The maximum atomic E-state index is 13.7. The van der Waals surface area contributed by atoms with Gasteiger partial charge >= 0.3 is 6.18 Å². The number of nitrogens with zero attached hydrogens (tertiary/aromatic N) is 5. The SMILES string of the molecule is COc1ccc(C(=O)N2CCCC(C)C2CNc2ccc(C(F)(F)F)cn2)c(-n2nccn2)c1. The Labute approximate surface area is 194 Å². The average molecular weight is 474 g/mol. The molecule has 2 unspecified atom stereocenters. The van der Waals surface area contributed by atoms with Crippen LogP contribution in [0.1, 0.15) is 35.7 Å². The monoisotopic (exact) mass is 474 g/mol. The lowest BCUT2D eigenvalue weighted by Crippen LogP contribution is -2.51. The number of hydrogen-bond donors (Lipinski definition) is 1. The molecule has 3 aromatic rings. The topological polar surface area (TPSA) is 85.2 Å². The zero-order valence-corrected chi connectivity index (χ0v) is 18.8. The summed E-state index contributed by atoms with van der Waals surface area (Å²) in [6.07, 6.45) is 1.21. The molecule has 11 heteroatoms. The standard InChI is InChI=1S/C23H25F3N6O2/c1-15-4-3-11-31(20(15)14-28-21-8-5-16(13-27-21)23(24,25)26)22(33)18-7-6-17(34-2)12-19(18)32-29-9-10-30-32/h5-10,12-13,15,20H,3-4,11,14H2,1-2H3,(H,27,28). The van der Waals surface area contributed by atoms with Crippen molar-refractivity contribution in [2.75, 3.05) is 25.5 Å². The number of pyridine rings is 1. The first-order chi connectivity index (χ1) is 16.3. The molecule has 0 spiro atoms. The molecular formula is C23H25F3N6O2. The highest BCUT2D eigenvalue weighted by Crippen LogP contribution is 2.30. The predicted octanol–water partition coefficient (Wildman–Crippen LogP) is 4.04. The molecule has 1 fully saturated rings. The molecule has 1 aliphatic rings. The Balaban J connectivity index is 1.56. The van der Waals surface area contributed by atoms with Crippen LogP contribution in [0.15, 0.2) is 48.9 Å². The predicted molar refractivity (Wildman–Crippen MR) is 119 cm³/mol. The Bertz CT molecular complexity index is 1120. The van der Waals surface area contributed by atoms with Gasteiger partial charge in [-0.05, 0) is 43.0 Å². The van der Waals surface area contributed by atoms with Gasteiger partial charge in [0, 0.05) is 25.4 Å². The first-order valence-corrected chi connectivity index (χ1v) is 10.9. The fraction of sp³-hybridized carbons (Fsp3) is 0.391. The van der Waals surface area contributed by atoms with Crippen LogP contribution in [0.25, 0.3) is 5.69 Å². The number of likely N-dealkylation sites (tertiary alicyclic amines) is 1. The van der Waals surface area contributed by atoms with Crippen molar-refractivity contribution >= 4 is 11.7 Å². The molecule has 8 nitrogen and oxygen atoms in total. The lowest BCUT2D eigenvalue weighted by molar-refractivity contribution is -0.137. The molecule has 0 bridgehead atoms. The summed E-state index contributed by atoms with van der Waals surface area (Å²) >= 11 is 0. The minimum Gasteiger partial charge on any atom is -0.497 e. The lowest BCUT2D eigenvalue weighted by Gasteiger charge is -2.40. The van der Waals surface area contributed by atoms with Crippen LogP contribution in [-0.2, 0) is 6.18 Å². The van der Waals surface area contributed by atoms with Crippen molar-refractivity contribution in [2.45, 2.75) is 32.0 Å². The molecule has 2 atom stereocenters. The number of carbonyl (C=O) groups is 1. The second-order valence-corrected chi connectivity index (χ2v) is 8.20. The molecule has 1 aromatic carbocycles. The van der Waals surface area contributed by atoms with Crippen LogP contribution < -0.4 is 10.1 Å². The van der Waals surface area contributed by atoms with Crippen molar-refractivity contribution in [1.82, 2.24) is 24.9 Å². The number of methoxy groups -OCH3 is 1. The van der Waals surface area contributed by atoms with Crippen LogP contribution in [0.4, 0.5) is 19.0 Å². The van der Waals surface area contributed by atoms with Gasteiger partial charge in [0.05, 0.1) is 36.7 Å². The van der Waals surface area contributed by atoms with E-state index >= 15 is 0 Å². The number of alkyl halides is 3. The minimum absolute atomic E-state index is 0.173. The molecule has 1 N–H and O–H groups in total. The molecule has 1 saturated heterocycles. The van der Waals surface area contributed by atoms with Gasteiger partial charge in [-0.2, -0.15) is 28.2 Å². The second-order valence-electron chi connectivity index (χ2n) is 8.20. The van der Waals surface area contributed by atoms with Gasteiger partial charge in [-0.25, -0.2) is 4.98 Å². The van der Waals surface area contributed by atoms with E-state index in [1.165, 1.54) is 23.3 Å². The zero-order chi connectivity index (χ0) is 24.3. The summed E-state index contributed by atoms with van der Waals surface area (Å²) in [7, 11) is 1.54. The summed E-state index contributed by atoms with van der Waals surface area (Å²) in [5, 5.41) is 11.4. The van der Waals surface area contributed by atoms with Crippen LogP contribution in [0.3, 0.4) is 0 Å². The Morgan fingerprint density at radius 2 is 1.97 bits per heavy atom. The molecule has 0 aliphatic carbocycles. The highest BCUT2D eigenvalue weighted by Gasteiger charge is 2.34. The number of amides is 1. The fourth-order valence-corrected chi connectivity index (χ4v) is 4.17. The number of piperidine rings is 1. The molecule has 34 heavy (non-hydrogen) atoms. The molecule has 180 valence electrons. The molecule has 0 saturated carbocycles.